The molecule has 0 radical (unpaired) electrons. The van der Waals surface area contributed by atoms with E-state index in [0.717, 1.165) is 11.1 Å². The van der Waals surface area contributed by atoms with Crippen molar-refractivity contribution < 1.29 is 14.7 Å². The highest BCUT2D eigenvalue weighted by atomic mass is 16.3. The van der Waals surface area contributed by atoms with E-state index in [2.05, 4.69) is 10.6 Å². The number of benzene rings is 1. The van der Waals surface area contributed by atoms with Crippen LogP contribution in [0.4, 0.5) is 5.69 Å². The molecule has 0 unspecified atom stereocenters. The summed E-state index contributed by atoms with van der Waals surface area (Å²) in [6.45, 7) is 9.72. The molecule has 128 valence electrons. The molecule has 1 aromatic carbocycles. The molecule has 2 amide bonds. The molecule has 3 N–H and O–H groups in total. The first kappa shape index (κ1) is 19.2. The first-order valence-electron chi connectivity index (χ1n) is 8.15. The highest BCUT2D eigenvalue weighted by molar-refractivity contribution is 6.39. The third-order valence-corrected chi connectivity index (χ3v) is 4.27. The van der Waals surface area contributed by atoms with E-state index in [1.807, 2.05) is 52.8 Å². The molecule has 5 heteroatoms. The lowest BCUT2D eigenvalue weighted by atomic mass is 9.97. The van der Waals surface area contributed by atoms with E-state index in [0.29, 0.717) is 18.5 Å². The Balaban J connectivity index is 2.79. The number of carbonyl (C=O) groups excluding carboxylic acids is 2. The molecule has 1 rings (SSSR count). The highest BCUT2D eigenvalue weighted by Gasteiger charge is 2.25. The number of hydrogen-bond donors (Lipinski definition) is 3. The van der Waals surface area contributed by atoms with E-state index in [1.54, 1.807) is 0 Å². The first-order chi connectivity index (χ1) is 10.7. The average Bonchev–Trinajstić information content (AvgIpc) is 2.53. The van der Waals surface area contributed by atoms with Crippen LogP contribution in [0, 0.1) is 6.92 Å². The smallest absolute Gasteiger partial charge is 0.313 e. The van der Waals surface area contributed by atoms with E-state index < -0.39 is 17.4 Å². The van der Waals surface area contributed by atoms with Crippen molar-refractivity contribution in [2.45, 2.75) is 59.0 Å². The van der Waals surface area contributed by atoms with Crippen molar-refractivity contribution in [1.29, 1.82) is 0 Å². The summed E-state index contributed by atoms with van der Waals surface area (Å²) in [6.07, 6.45) is 1.03. The molecular formula is C18H28N2O3. The van der Waals surface area contributed by atoms with Crippen LogP contribution in [0.25, 0.3) is 0 Å². The average molecular weight is 320 g/mol. The molecule has 1 aromatic rings. The van der Waals surface area contributed by atoms with Crippen molar-refractivity contribution in [3.8, 4) is 0 Å². The molecule has 0 aliphatic carbocycles. The molecule has 0 saturated carbocycles. The van der Waals surface area contributed by atoms with E-state index in [4.69, 9.17) is 0 Å². The fraction of sp³-hybridized carbons (Fsp3) is 0.556. The van der Waals surface area contributed by atoms with Gasteiger partial charge in [-0.1, -0.05) is 45.9 Å². The Bertz CT molecular complexity index is 563. The lowest BCUT2D eigenvalue weighted by Gasteiger charge is -2.25. The van der Waals surface area contributed by atoms with Gasteiger partial charge in [-0.25, -0.2) is 0 Å². The van der Waals surface area contributed by atoms with Gasteiger partial charge in [-0.05, 0) is 36.8 Å². The van der Waals surface area contributed by atoms with Gasteiger partial charge in [0, 0.05) is 12.2 Å². The maximum Gasteiger partial charge on any atom is 0.313 e. The molecule has 0 fully saturated rings. The summed E-state index contributed by atoms with van der Waals surface area (Å²) in [4.78, 5) is 24.1. The highest BCUT2D eigenvalue weighted by Crippen LogP contribution is 2.27. The molecule has 0 saturated heterocycles. The van der Waals surface area contributed by atoms with E-state index in [1.165, 1.54) is 0 Å². The predicted molar refractivity (Wildman–Crippen MR) is 92.4 cm³/mol. The Morgan fingerprint density at radius 3 is 2.30 bits per heavy atom. The minimum absolute atomic E-state index is 0.0665. The second kappa shape index (κ2) is 8.11. The van der Waals surface area contributed by atoms with Crippen LogP contribution in [0.2, 0.25) is 0 Å². The summed E-state index contributed by atoms with van der Waals surface area (Å²) in [5, 5.41) is 15.4. The Morgan fingerprint density at radius 2 is 1.78 bits per heavy atom. The van der Waals surface area contributed by atoms with Gasteiger partial charge in [-0.15, -0.1) is 0 Å². The molecule has 0 spiro atoms. The summed E-state index contributed by atoms with van der Waals surface area (Å²) in [7, 11) is 0. The summed E-state index contributed by atoms with van der Waals surface area (Å²) in [6, 6.07) is 5.77. The summed E-state index contributed by atoms with van der Waals surface area (Å²) in [5.74, 6) is -1.21. The van der Waals surface area contributed by atoms with Gasteiger partial charge in [0.15, 0.2) is 0 Å². The number of aliphatic hydroxyl groups is 1. The lowest BCUT2D eigenvalue weighted by Crippen LogP contribution is -2.45. The lowest BCUT2D eigenvalue weighted by molar-refractivity contribution is -0.136. The summed E-state index contributed by atoms with van der Waals surface area (Å²) < 4.78 is 0. The van der Waals surface area contributed by atoms with Gasteiger partial charge < -0.3 is 15.7 Å². The van der Waals surface area contributed by atoms with Crippen molar-refractivity contribution in [2.75, 3.05) is 11.9 Å². The van der Waals surface area contributed by atoms with Crippen LogP contribution >= 0.6 is 0 Å². The number of rotatable bonds is 6. The van der Waals surface area contributed by atoms with Gasteiger partial charge in [0.1, 0.15) is 0 Å². The number of nitrogens with one attached hydrogen (secondary N) is 2. The molecule has 0 heterocycles. The fourth-order valence-electron chi connectivity index (χ4n) is 2.34. The predicted octanol–water partition coefficient (Wildman–Crippen LogP) is 2.72. The Morgan fingerprint density at radius 1 is 1.17 bits per heavy atom. The van der Waals surface area contributed by atoms with Crippen LogP contribution < -0.4 is 10.6 Å². The standard InChI is InChI=1S/C18H28N2O3/c1-6-18(23,7-2)11-19-16(21)17(22)20-15-13(5)9-8-10-14(15)12(3)4/h8-10,12,23H,6-7,11H2,1-5H3,(H,19,21)(H,20,22). The van der Waals surface area contributed by atoms with Crippen LogP contribution in [0.1, 0.15) is 57.6 Å². The zero-order valence-electron chi connectivity index (χ0n) is 14.7. The zero-order valence-corrected chi connectivity index (χ0v) is 14.7. The maximum absolute atomic E-state index is 12.1. The Labute approximate surface area is 138 Å². The molecule has 0 bridgehead atoms. The van der Waals surface area contributed by atoms with Crippen molar-refractivity contribution in [1.82, 2.24) is 5.32 Å². The summed E-state index contributed by atoms with van der Waals surface area (Å²) in [5.41, 5.74) is 1.62. The topological polar surface area (TPSA) is 78.4 Å². The number of carbonyl (C=O) groups is 2. The molecular weight excluding hydrogens is 292 g/mol. The minimum atomic E-state index is -0.971. The number of amides is 2. The quantitative estimate of drug-likeness (QED) is 0.705. The third kappa shape index (κ3) is 5.06. The summed E-state index contributed by atoms with van der Waals surface area (Å²) >= 11 is 0. The largest absolute Gasteiger partial charge is 0.388 e. The maximum atomic E-state index is 12.1. The Hall–Kier alpha value is -1.88. The molecule has 0 atom stereocenters. The van der Waals surface area contributed by atoms with Gasteiger partial charge in [0.2, 0.25) is 0 Å². The number of anilines is 1. The molecule has 0 aliphatic heterocycles. The van der Waals surface area contributed by atoms with Crippen LogP contribution in [0.5, 0.6) is 0 Å². The van der Waals surface area contributed by atoms with Gasteiger partial charge in [0.05, 0.1) is 5.60 Å². The van der Waals surface area contributed by atoms with Crippen LogP contribution in [0.15, 0.2) is 18.2 Å². The van der Waals surface area contributed by atoms with E-state index in [-0.39, 0.29) is 12.5 Å². The van der Waals surface area contributed by atoms with Gasteiger partial charge in [0.25, 0.3) is 0 Å². The van der Waals surface area contributed by atoms with Gasteiger partial charge in [-0.3, -0.25) is 9.59 Å². The minimum Gasteiger partial charge on any atom is -0.388 e. The van der Waals surface area contributed by atoms with Crippen LogP contribution in [-0.4, -0.2) is 29.1 Å². The van der Waals surface area contributed by atoms with Crippen LogP contribution in [0.3, 0.4) is 0 Å². The zero-order chi connectivity index (χ0) is 17.6. The molecule has 5 nitrogen and oxygen atoms in total. The second-order valence-electron chi connectivity index (χ2n) is 6.26. The van der Waals surface area contributed by atoms with Crippen molar-refractivity contribution in [3.63, 3.8) is 0 Å². The van der Waals surface area contributed by atoms with E-state index >= 15 is 0 Å². The van der Waals surface area contributed by atoms with Crippen molar-refractivity contribution in [3.05, 3.63) is 29.3 Å². The van der Waals surface area contributed by atoms with Crippen molar-refractivity contribution in [2.24, 2.45) is 0 Å². The van der Waals surface area contributed by atoms with Crippen LogP contribution in [-0.2, 0) is 9.59 Å². The van der Waals surface area contributed by atoms with Gasteiger partial charge >= 0.3 is 11.8 Å². The van der Waals surface area contributed by atoms with Gasteiger partial charge in [-0.2, -0.15) is 0 Å². The molecule has 0 aromatic heterocycles. The monoisotopic (exact) mass is 320 g/mol. The first-order valence-corrected chi connectivity index (χ1v) is 8.15. The second-order valence-corrected chi connectivity index (χ2v) is 6.26. The van der Waals surface area contributed by atoms with Crippen molar-refractivity contribution >= 4 is 17.5 Å². The normalized spacial score (nSPS) is 11.4. The third-order valence-electron chi connectivity index (χ3n) is 4.27. The molecule has 23 heavy (non-hydrogen) atoms. The SMILES string of the molecule is CCC(O)(CC)CNC(=O)C(=O)Nc1c(C)cccc1C(C)C. The van der Waals surface area contributed by atoms with E-state index in [9.17, 15) is 14.7 Å². The number of hydrogen-bond acceptors (Lipinski definition) is 3. The Kier molecular flexibility index (Phi) is 6.76. The number of aryl methyl sites for hydroxylation is 1. The molecule has 0 aliphatic rings. The fourth-order valence-corrected chi connectivity index (χ4v) is 2.34. The number of para-hydroxylation sites is 1.